The van der Waals surface area contributed by atoms with Gasteiger partial charge in [-0.15, -0.1) is 0 Å². The molecule has 1 fully saturated rings. The molecular weight excluding hydrogens is 176 g/mol. The molecule has 2 heteroatoms. The zero-order valence-electron chi connectivity index (χ0n) is 8.44. The molecule has 76 valence electrons. The van der Waals surface area contributed by atoms with Crippen molar-refractivity contribution >= 4 is 0 Å². The normalized spacial score (nSPS) is 21.3. The molecule has 2 nitrogen and oxygen atoms in total. The molecule has 1 aliphatic carbocycles. The number of aliphatic hydroxyl groups is 1. The van der Waals surface area contributed by atoms with Crippen LogP contribution in [0, 0.1) is 0 Å². The first kappa shape index (κ1) is 9.69. The molecule has 0 radical (unpaired) electrons. The van der Waals surface area contributed by atoms with Crippen molar-refractivity contribution in [3.8, 4) is 0 Å². The van der Waals surface area contributed by atoms with E-state index >= 15 is 0 Å². The molecule has 0 saturated heterocycles. The fourth-order valence-electron chi connectivity index (χ4n) is 2.05. The first-order valence-corrected chi connectivity index (χ1v) is 5.07. The van der Waals surface area contributed by atoms with Crippen LogP contribution >= 0.6 is 0 Å². The van der Waals surface area contributed by atoms with Crippen LogP contribution in [-0.4, -0.2) is 17.8 Å². The fourth-order valence-corrected chi connectivity index (χ4v) is 2.05. The second-order valence-corrected chi connectivity index (χ2v) is 3.94. The van der Waals surface area contributed by atoms with E-state index in [4.69, 9.17) is 4.74 Å². The maximum absolute atomic E-state index is 10.2. The number of aliphatic hydroxyl groups excluding tert-OH is 1. The standard InChI is InChI=1S/C12H16O2/c1-14-12(8-5-9-12)11(13)10-6-3-2-4-7-10/h2-4,6-7,11,13H,5,8-9H2,1H3. The molecule has 0 aromatic heterocycles. The smallest absolute Gasteiger partial charge is 0.108 e. The summed E-state index contributed by atoms with van der Waals surface area (Å²) < 4.78 is 5.44. The Morgan fingerprint density at radius 3 is 2.36 bits per heavy atom. The Morgan fingerprint density at radius 2 is 1.93 bits per heavy atom. The highest BCUT2D eigenvalue weighted by Gasteiger charge is 2.44. The van der Waals surface area contributed by atoms with Crippen molar-refractivity contribution in [3.63, 3.8) is 0 Å². The maximum atomic E-state index is 10.2. The highest BCUT2D eigenvalue weighted by atomic mass is 16.5. The number of hydrogen-bond donors (Lipinski definition) is 1. The number of rotatable bonds is 3. The van der Waals surface area contributed by atoms with Crippen LogP contribution in [0.25, 0.3) is 0 Å². The number of benzene rings is 1. The molecule has 1 aromatic rings. The fraction of sp³-hybridized carbons (Fsp3) is 0.500. The van der Waals surface area contributed by atoms with Gasteiger partial charge in [-0.3, -0.25) is 0 Å². The summed E-state index contributed by atoms with van der Waals surface area (Å²) in [5.74, 6) is 0. The van der Waals surface area contributed by atoms with E-state index in [2.05, 4.69) is 0 Å². The second-order valence-electron chi connectivity index (χ2n) is 3.94. The molecule has 1 N–H and O–H groups in total. The van der Waals surface area contributed by atoms with Crippen molar-refractivity contribution in [2.45, 2.75) is 31.0 Å². The monoisotopic (exact) mass is 192 g/mol. The Balaban J connectivity index is 2.19. The van der Waals surface area contributed by atoms with Crippen LogP contribution in [0.3, 0.4) is 0 Å². The minimum atomic E-state index is -0.484. The van der Waals surface area contributed by atoms with Crippen molar-refractivity contribution in [1.82, 2.24) is 0 Å². The van der Waals surface area contributed by atoms with Crippen LogP contribution in [0.5, 0.6) is 0 Å². The second kappa shape index (κ2) is 3.71. The molecular formula is C12H16O2. The zero-order chi connectivity index (χ0) is 10.0. The van der Waals surface area contributed by atoms with Gasteiger partial charge in [-0.05, 0) is 24.8 Å². The molecule has 1 atom stereocenters. The van der Waals surface area contributed by atoms with Gasteiger partial charge in [-0.25, -0.2) is 0 Å². The summed E-state index contributed by atoms with van der Waals surface area (Å²) in [6.45, 7) is 0. The predicted octanol–water partition coefficient (Wildman–Crippen LogP) is 2.29. The van der Waals surface area contributed by atoms with Crippen LogP contribution in [0.15, 0.2) is 30.3 Å². The number of methoxy groups -OCH3 is 1. The minimum Gasteiger partial charge on any atom is -0.385 e. The summed E-state index contributed by atoms with van der Waals surface area (Å²) in [6.07, 6.45) is 2.58. The van der Waals surface area contributed by atoms with Crippen molar-refractivity contribution < 1.29 is 9.84 Å². The molecule has 2 rings (SSSR count). The van der Waals surface area contributed by atoms with Crippen LogP contribution in [-0.2, 0) is 4.74 Å². The molecule has 0 amide bonds. The third-order valence-electron chi connectivity index (χ3n) is 3.22. The van der Waals surface area contributed by atoms with E-state index in [0.717, 1.165) is 24.8 Å². The van der Waals surface area contributed by atoms with E-state index < -0.39 is 6.10 Å². The maximum Gasteiger partial charge on any atom is 0.108 e. The topological polar surface area (TPSA) is 29.5 Å². The lowest BCUT2D eigenvalue weighted by molar-refractivity contribution is -0.151. The molecule has 0 aliphatic heterocycles. The van der Waals surface area contributed by atoms with E-state index in [1.54, 1.807) is 7.11 Å². The molecule has 0 spiro atoms. The molecule has 0 bridgehead atoms. The van der Waals surface area contributed by atoms with Gasteiger partial charge in [0.1, 0.15) is 6.10 Å². The summed E-state index contributed by atoms with van der Waals surface area (Å²) in [7, 11) is 1.69. The minimum absolute atomic E-state index is 0.318. The summed E-state index contributed by atoms with van der Waals surface area (Å²) in [6, 6.07) is 9.74. The van der Waals surface area contributed by atoms with Crippen LogP contribution in [0.1, 0.15) is 30.9 Å². The van der Waals surface area contributed by atoms with Gasteiger partial charge in [0.05, 0.1) is 5.60 Å². The SMILES string of the molecule is COC1(C(O)c2ccccc2)CCC1. The highest BCUT2D eigenvalue weighted by molar-refractivity contribution is 5.21. The highest BCUT2D eigenvalue weighted by Crippen LogP contribution is 2.44. The Bertz CT molecular complexity index is 285. The Morgan fingerprint density at radius 1 is 1.29 bits per heavy atom. The molecule has 1 unspecified atom stereocenters. The quantitative estimate of drug-likeness (QED) is 0.796. The van der Waals surface area contributed by atoms with Gasteiger partial charge in [0, 0.05) is 7.11 Å². The van der Waals surface area contributed by atoms with Crippen molar-refractivity contribution in [3.05, 3.63) is 35.9 Å². The predicted molar refractivity (Wildman–Crippen MR) is 55.0 cm³/mol. The molecule has 1 aromatic carbocycles. The largest absolute Gasteiger partial charge is 0.385 e. The lowest BCUT2D eigenvalue weighted by Crippen LogP contribution is -2.45. The number of hydrogen-bond acceptors (Lipinski definition) is 2. The first-order valence-electron chi connectivity index (χ1n) is 5.07. The van der Waals surface area contributed by atoms with Gasteiger partial charge in [-0.1, -0.05) is 30.3 Å². The lowest BCUT2D eigenvalue weighted by atomic mass is 9.74. The van der Waals surface area contributed by atoms with Gasteiger partial charge >= 0.3 is 0 Å². The average molecular weight is 192 g/mol. The third-order valence-corrected chi connectivity index (χ3v) is 3.22. The Labute approximate surface area is 84.5 Å². The molecule has 0 heterocycles. The molecule has 1 saturated carbocycles. The summed E-state index contributed by atoms with van der Waals surface area (Å²) in [5, 5.41) is 10.2. The average Bonchev–Trinajstić information content (AvgIpc) is 2.18. The van der Waals surface area contributed by atoms with E-state index in [1.807, 2.05) is 30.3 Å². The van der Waals surface area contributed by atoms with Gasteiger partial charge in [0.2, 0.25) is 0 Å². The third kappa shape index (κ3) is 1.45. The van der Waals surface area contributed by atoms with Crippen molar-refractivity contribution in [1.29, 1.82) is 0 Å². The first-order chi connectivity index (χ1) is 6.78. The van der Waals surface area contributed by atoms with E-state index in [-0.39, 0.29) is 5.60 Å². The van der Waals surface area contributed by atoms with Crippen molar-refractivity contribution in [2.75, 3.05) is 7.11 Å². The van der Waals surface area contributed by atoms with Gasteiger partial charge in [-0.2, -0.15) is 0 Å². The Kier molecular flexibility index (Phi) is 2.57. The van der Waals surface area contributed by atoms with Crippen molar-refractivity contribution in [2.24, 2.45) is 0 Å². The van der Waals surface area contributed by atoms with E-state index in [9.17, 15) is 5.11 Å². The lowest BCUT2D eigenvalue weighted by Gasteiger charge is -2.44. The molecule has 1 aliphatic rings. The zero-order valence-corrected chi connectivity index (χ0v) is 8.44. The van der Waals surface area contributed by atoms with Crippen LogP contribution in [0.4, 0.5) is 0 Å². The summed E-state index contributed by atoms with van der Waals surface area (Å²) in [5.41, 5.74) is 0.635. The van der Waals surface area contributed by atoms with Crippen LogP contribution in [0.2, 0.25) is 0 Å². The summed E-state index contributed by atoms with van der Waals surface area (Å²) >= 11 is 0. The Hall–Kier alpha value is -0.860. The van der Waals surface area contributed by atoms with Crippen LogP contribution < -0.4 is 0 Å². The van der Waals surface area contributed by atoms with Gasteiger partial charge in [0.25, 0.3) is 0 Å². The van der Waals surface area contributed by atoms with E-state index in [1.165, 1.54) is 0 Å². The molecule has 14 heavy (non-hydrogen) atoms. The van der Waals surface area contributed by atoms with Gasteiger partial charge < -0.3 is 9.84 Å². The van der Waals surface area contributed by atoms with Gasteiger partial charge in [0.15, 0.2) is 0 Å². The summed E-state index contributed by atoms with van der Waals surface area (Å²) in [4.78, 5) is 0. The number of ether oxygens (including phenoxy) is 1. The van der Waals surface area contributed by atoms with E-state index in [0.29, 0.717) is 0 Å².